The fourth-order valence-corrected chi connectivity index (χ4v) is 1.13. The lowest BCUT2D eigenvalue weighted by Crippen LogP contribution is -2.20. The third-order valence-electron chi connectivity index (χ3n) is 1.86. The van der Waals surface area contributed by atoms with Gasteiger partial charge in [-0.25, -0.2) is 0 Å². The number of rotatable bonds is 0. The highest BCUT2D eigenvalue weighted by molar-refractivity contribution is 5.53. The van der Waals surface area contributed by atoms with E-state index < -0.39 is 0 Å². The third-order valence-corrected chi connectivity index (χ3v) is 1.86. The minimum absolute atomic E-state index is 0.136. The first-order chi connectivity index (χ1) is 6.65. The molecule has 0 aliphatic heterocycles. The Bertz CT molecular complexity index is 606. The Morgan fingerprint density at radius 1 is 0.929 bits per heavy atom. The summed E-state index contributed by atoms with van der Waals surface area (Å²) in [6.45, 7) is 7.19. The van der Waals surface area contributed by atoms with Crippen LogP contribution < -0.4 is 10.4 Å². The Kier molecular flexibility index (Phi) is 2.34. The summed E-state index contributed by atoms with van der Waals surface area (Å²) < 4.78 is 0. The summed E-state index contributed by atoms with van der Waals surface area (Å²) in [6, 6.07) is 7.09. The second-order valence-corrected chi connectivity index (χ2v) is 2.65. The van der Waals surface area contributed by atoms with E-state index in [1.807, 2.05) is 18.2 Å². The summed E-state index contributed by atoms with van der Waals surface area (Å²) in [6.07, 6.45) is 0. The van der Waals surface area contributed by atoms with Gasteiger partial charge in [0.2, 0.25) is 0 Å². The first-order valence-electron chi connectivity index (χ1n) is 3.71. The topological polar surface area (TPSA) is 71.4 Å². The summed E-state index contributed by atoms with van der Waals surface area (Å²) in [5, 5.41) is 27.0. The average Bonchev–Trinajstić information content (AvgIpc) is 2.20. The van der Waals surface area contributed by atoms with Crippen molar-refractivity contribution in [2.24, 2.45) is 0 Å². The maximum absolute atomic E-state index is 8.80. The molecule has 0 radical (unpaired) electrons. The van der Waals surface area contributed by atoms with Gasteiger partial charge < -0.3 is 0 Å². The molecule has 0 amide bonds. The van der Waals surface area contributed by atoms with Crippen LogP contribution in [0.3, 0.4) is 0 Å². The fraction of sp³-hybridized carbons (Fsp3) is 0. The van der Waals surface area contributed by atoms with Crippen LogP contribution in [0.5, 0.6) is 0 Å². The standard InChI is InChI=1S/C11H5N3/c1-7-3-9(4-12)8(2)11(6-14)10(7)5-13/h3H,1-2H2. The second-order valence-electron chi connectivity index (χ2n) is 2.65. The molecule has 0 saturated carbocycles. The van der Waals surface area contributed by atoms with Crippen LogP contribution >= 0.6 is 0 Å². The molecule has 0 spiro atoms. The van der Waals surface area contributed by atoms with Gasteiger partial charge in [0.05, 0.1) is 22.8 Å². The predicted molar refractivity (Wildman–Crippen MR) is 50.9 cm³/mol. The van der Waals surface area contributed by atoms with Crippen molar-refractivity contribution < 1.29 is 0 Å². The van der Waals surface area contributed by atoms with E-state index in [4.69, 9.17) is 15.8 Å². The smallest absolute Gasteiger partial charge is 0.101 e. The van der Waals surface area contributed by atoms with Crippen LogP contribution in [0.4, 0.5) is 0 Å². The van der Waals surface area contributed by atoms with Crippen molar-refractivity contribution in [2.45, 2.75) is 0 Å². The Morgan fingerprint density at radius 2 is 1.50 bits per heavy atom. The van der Waals surface area contributed by atoms with Crippen molar-refractivity contribution in [1.82, 2.24) is 0 Å². The van der Waals surface area contributed by atoms with Crippen LogP contribution in [0.2, 0.25) is 0 Å². The molecule has 0 atom stereocenters. The minimum Gasteiger partial charge on any atom is -0.192 e. The molecule has 3 nitrogen and oxygen atoms in total. The zero-order valence-electron chi connectivity index (χ0n) is 7.33. The molecule has 3 heteroatoms. The molecule has 0 unspecified atom stereocenters. The van der Waals surface area contributed by atoms with Crippen LogP contribution in [0.1, 0.15) is 16.7 Å². The molecule has 64 valence electrons. The summed E-state index contributed by atoms with van der Waals surface area (Å²) in [7, 11) is 0. The number of nitriles is 3. The number of benzene rings is 1. The van der Waals surface area contributed by atoms with E-state index in [1.54, 1.807) is 0 Å². The molecular formula is C11H5N3. The second kappa shape index (κ2) is 3.44. The molecule has 0 N–H and O–H groups in total. The highest BCUT2D eigenvalue weighted by Gasteiger charge is 2.07. The maximum atomic E-state index is 8.80. The first kappa shape index (κ1) is 9.52. The van der Waals surface area contributed by atoms with Crippen LogP contribution in [0, 0.1) is 34.0 Å². The van der Waals surface area contributed by atoms with Gasteiger partial charge in [0.15, 0.2) is 0 Å². The Labute approximate surface area is 81.1 Å². The Balaban J connectivity index is 3.92. The molecule has 0 fully saturated rings. The van der Waals surface area contributed by atoms with E-state index >= 15 is 0 Å². The fourth-order valence-electron chi connectivity index (χ4n) is 1.13. The molecule has 0 bridgehead atoms. The number of hydrogen-bond acceptors (Lipinski definition) is 3. The van der Waals surface area contributed by atoms with Crippen molar-refractivity contribution in [2.75, 3.05) is 0 Å². The number of hydrogen-bond donors (Lipinski definition) is 0. The predicted octanol–water partition coefficient (Wildman–Crippen LogP) is 0.122. The third kappa shape index (κ3) is 1.22. The van der Waals surface area contributed by atoms with E-state index in [1.165, 1.54) is 6.07 Å². The van der Waals surface area contributed by atoms with E-state index in [2.05, 4.69) is 13.2 Å². The van der Waals surface area contributed by atoms with Gasteiger partial charge >= 0.3 is 0 Å². The van der Waals surface area contributed by atoms with E-state index in [0.29, 0.717) is 10.4 Å². The van der Waals surface area contributed by atoms with Gasteiger partial charge in [0.25, 0.3) is 0 Å². The van der Waals surface area contributed by atoms with Crippen LogP contribution in [0.25, 0.3) is 13.2 Å². The van der Waals surface area contributed by atoms with E-state index in [-0.39, 0.29) is 16.7 Å². The highest BCUT2D eigenvalue weighted by Crippen LogP contribution is 1.97. The molecule has 0 saturated heterocycles. The molecule has 0 heterocycles. The Hall–Kier alpha value is -2.57. The first-order valence-corrected chi connectivity index (χ1v) is 3.71. The summed E-state index contributed by atoms with van der Waals surface area (Å²) in [5.41, 5.74) is 0.610. The SMILES string of the molecule is C=c1cc(C#N)c(=C)c(C#N)c1C#N. The lowest BCUT2D eigenvalue weighted by atomic mass is 10.0. The van der Waals surface area contributed by atoms with Crippen molar-refractivity contribution >= 4 is 13.2 Å². The average molecular weight is 179 g/mol. The quantitative estimate of drug-likeness (QED) is 0.568. The van der Waals surface area contributed by atoms with Crippen molar-refractivity contribution in [3.63, 3.8) is 0 Å². The van der Waals surface area contributed by atoms with Gasteiger partial charge in [0, 0.05) is 5.22 Å². The lowest BCUT2D eigenvalue weighted by Gasteiger charge is -1.97. The van der Waals surface area contributed by atoms with Gasteiger partial charge in [-0.2, -0.15) is 15.8 Å². The zero-order valence-corrected chi connectivity index (χ0v) is 7.33. The Morgan fingerprint density at radius 3 is 1.93 bits per heavy atom. The van der Waals surface area contributed by atoms with Gasteiger partial charge in [0.1, 0.15) is 12.1 Å². The molecule has 1 aromatic rings. The molecule has 1 aromatic carbocycles. The van der Waals surface area contributed by atoms with Gasteiger partial charge in [-0.05, 0) is 11.3 Å². The summed E-state index contributed by atoms with van der Waals surface area (Å²) in [4.78, 5) is 0. The maximum Gasteiger partial charge on any atom is 0.101 e. The van der Waals surface area contributed by atoms with Gasteiger partial charge in [-0.1, -0.05) is 13.2 Å². The highest BCUT2D eigenvalue weighted by atomic mass is 14.3. The van der Waals surface area contributed by atoms with Gasteiger partial charge in [-0.15, -0.1) is 0 Å². The van der Waals surface area contributed by atoms with E-state index in [0.717, 1.165) is 0 Å². The van der Waals surface area contributed by atoms with Crippen LogP contribution in [-0.4, -0.2) is 0 Å². The molecule has 0 aliphatic rings. The zero-order chi connectivity index (χ0) is 10.7. The monoisotopic (exact) mass is 179 g/mol. The van der Waals surface area contributed by atoms with Crippen molar-refractivity contribution in [1.29, 1.82) is 15.8 Å². The van der Waals surface area contributed by atoms with Crippen molar-refractivity contribution in [3.05, 3.63) is 33.2 Å². The number of nitrogens with zero attached hydrogens (tertiary/aromatic N) is 3. The summed E-state index contributed by atoms with van der Waals surface area (Å²) >= 11 is 0. The van der Waals surface area contributed by atoms with Gasteiger partial charge in [-0.3, -0.25) is 0 Å². The molecule has 1 rings (SSSR count). The summed E-state index contributed by atoms with van der Waals surface area (Å²) in [5.74, 6) is 0. The normalized spacial score (nSPS) is 8.36. The molecule has 14 heavy (non-hydrogen) atoms. The molecule has 0 aliphatic carbocycles. The van der Waals surface area contributed by atoms with E-state index in [9.17, 15) is 0 Å². The van der Waals surface area contributed by atoms with Crippen LogP contribution in [0.15, 0.2) is 6.07 Å². The lowest BCUT2D eigenvalue weighted by molar-refractivity contribution is 1.35. The minimum atomic E-state index is 0.136. The molecule has 0 aromatic heterocycles. The van der Waals surface area contributed by atoms with Crippen LogP contribution in [-0.2, 0) is 0 Å². The van der Waals surface area contributed by atoms with Crippen molar-refractivity contribution in [3.8, 4) is 18.2 Å². The largest absolute Gasteiger partial charge is 0.192 e. The molecular weight excluding hydrogens is 174 g/mol.